The highest BCUT2D eigenvalue weighted by molar-refractivity contribution is 14.1. The van der Waals surface area contributed by atoms with Gasteiger partial charge in [0.05, 0.1) is 17.6 Å². The number of anilines is 1. The molecule has 160 valence electrons. The van der Waals surface area contributed by atoms with E-state index in [1.54, 1.807) is 12.1 Å². The summed E-state index contributed by atoms with van der Waals surface area (Å²) in [6.45, 7) is 1.68. The standard InChI is InChI=1S/C18H15ClF4IN5O/c1-9(14(19)15(25)18(21,22)23)27-12-5-6-28(17(12)30)13-8-26-29(16(13)24)11-4-2-3-10(20)7-11/h2-4,7-8,12,25,27H,5-6H2,1H3/p+1. The molecular weight excluding hydrogens is 541 g/mol. The molecule has 1 aliphatic rings. The van der Waals surface area contributed by atoms with Crippen LogP contribution in [0.2, 0.25) is 0 Å². The summed E-state index contributed by atoms with van der Waals surface area (Å²) in [5.74, 6) is -0.732. The third-order valence-electron chi connectivity index (χ3n) is 4.58. The lowest BCUT2D eigenvalue weighted by atomic mass is 10.2. The van der Waals surface area contributed by atoms with Crippen LogP contribution in [0, 0.1) is 14.9 Å². The van der Waals surface area contributed by atoms with Crippen molar-refractivity contribution in [2.75, 3.05) is 11.4 Å². The van der Waals surface area contributed by atoms with E-state index in [0.717, 1.165) is 0 Å². The zero-order valence-corrected chi connectivity index (χ0v) is 18.4. The Bertz CT molecular complexity index is 1040. The second-order valence-corrected chi connectivity index (χ2v) is 8.03. The van der Waals surface area contributed by atoms with Crippen LogP contribution in [-0.2, 0) is 4.79 Å². The van der Waals surface area contributed by atoms with E-state index < -0.39 is 28.8 Å². The van der Waals surface area contributed by atoms with Gasteiger partial charge in [-0.1, -0.05) is 17.7 Å². The van der Waals surface area contributed by atoms with Gasteiger partial charge in [0.2, 0.25) is 0 Å². The predicted molar refractivity (Wildman–Crippen MR) is 111 cm³/mol. The van der Waals surface area contributed by atoms with Crippen molar-refractivity contribution >= 4 is 51.5 Å². The molecule has 1 amide bonds. The second kappa shape index (κ2) is 8.63. The van der Waals surface area contributed by atoms with Crippen LogP contribution in [0.4, 0.5) is 23.2 Å². The molecule has 1 atom stereocenters. The zero-order valence-electron chi connectivity index (χ0n) is 15.5. The number of quaternary nitrogens is 1. The van der Waals surface area contributed by atoms with Crippen molar-refractivity contribution in [3.8, 4) is 5.69 Å². The van der Waals surface area contributed by atoms with E-state index in [4.69, 9.17) is 17.0 Å². The summed E-state index contributed by atoms with van der Waals surface area (Å²) in [5, 5.41) is 12.0. The molecule has 30 heavy (non-hydrogen) atoms. The highest BCUT2D eigenvalue weighted by Gasteiger charge is 2.41. The molecule has 2 aromatic rings. The highest BCUT2D eigenvalue weighted by atomic mass is 127. The highest BCUT2D eigenvalue weighted by Crippen LogP contribution is 2.28. The average molecular weight is 557 g/mol. The van der Waals surface area contributed by atoms with Crippen molar-refractivity contribution in [3.63, 3.8) is 0 Å². The predicted octanol–water partition coefficient (Wildman–Crippen LogP) is 3.34. The van der Waals surface area contributed by atoms with Crippen molar-refractivity contribution < 1.29 is 27.7 Å². The van der Waals surface area contributed by atoms with Gasteiger partial charge >= 0.3 is 6.18 Å². The lowest BCUT2D eigenvalue weighted by Gasteiger charge is -2.15. The zero-order chi connectivity index (χ0) is 22.2. The lowest BCUT2D eigenvalue weighted by Crippen LogP contribution is -2.89. The number of halogens is 6. The molecule has 1 unspecified atom stereocenters. The fourth-order valence-electron chi connectivity index (χ4n) is 3.09. The molecule has 1 fully saturated rings. The van der Waals surface area contributed by atoms with E-state index >= 15 is 0 Å². The Labute approximate surface area is 187 Å². The van der Waals surface area contributed by atoms with E-state index in [1.807, 2.05) is 22.6 Å². The largest absolute Gasteiger partial charge is 0.434 e. The molecule has 0 bridgehead atoms. The molecule has 3 N–H and O–H groups in total. The fourth-order valence-corrected chi connectivity index (χ4v) is 4.09. The SMILES string of the molecule is CC([NH2+]C1CCN(c2cnn(-c3cccc(F)c3)c2I)C1=O)=C(Cl)C(=N)C(F)(F)F. The maximum Gasteiger partial charge on any atom is 0.434 e. The molecule has 1 aromatic carbocycles. The van der Waals surface area contributed by atoms with Crippen molar-refractivity contribution in [3.05, 3.63) is 50.7 Å². The molecule has 0 aliphatic carbocycles. The van der Waals surface area contributed by atoms with Gasteiger partial charge in [-0.3, -0.25) is 10.2 Å². The summed E-state index contributed by atoms with van der Waals surface area (Å²) < 4.78 is 53.6. The molecule has 0 radical (unpaired) electrons. The van der Waals surface area contributed by atoms with Crippen LogP contribution in [-0.4, -0.2) is 40.2 Å². The van der Waals surface area contributed by atoms with Gasteiger partial charge in [-0.25, -0.2) is 9.07 Å². The Hall–Kier alpha value is -1.99. The number of benzene rings is 1. The number of aromatic nitrogens is 2. The summed E-state index contributed by atoms with van der Waals surface area (Å²) in [6.07, 6.45) is -3.00. The van der Waals surface area contributed by atoms with Crippen LogP contribution >= 0.6 is 34.2 Å². The number of nitrogens with zero attached hydrogens (tertiary/aromatic N) is 3. The van der Waals surface area contributed by atoms with Gasteiger partial charge in [0, 0.05) is 19.9 Å². The first-order valence-electron chi connectivity index (χ1n) is 8.69. The van der Waals surface area contributed by atoms with E-state index in [0.29, 0.717) is 28.0 Å². The summed E-state index contributed by atoms with van der Waals surface area (Å²) in [7, 11) is 0. The van der Waals surface area contributed by atoms with Gasteiger partial charge < -0.3 is 10.2 Å². The minimum absolute atomic E-state index is 0.0179. The molecule has 0 saturated carbocycles. The van der Waals surface area contributed by atoms with E-state index in [-0.39, 0.29) is 11.6 Å². The van der Waals surface area contributed by atoms with Crippen LogP contribution in [0.3, 0.4) is 0 Å². The van der Waals surface area contributed by atoms with Crippen molar-refractivity contribution in [2.45, 2.75) is 25.6 Å². The van der Waals surface area contributed by atoms with Gasteiger partial charge in [0.15, 0.2) is 11.8 Å². The lowest BCUT2D eigenvalue weighted by molar-refractivity contribution is -0.628. The second-order valence-electron chi connectivity index (χ2n) is 6.63. The monoisotopic (exact) mass is 556 g/mol. The molecule has 12 heteroatoms. The number of amides is 1. The van der Waals surface area contributed by atoms with E-state index in [1.165, 1.54) is 40.2 Å². The molecule has 1 aromatic heterocycles. The van der Waals surface area contributed by atoms with Gasteiger partial charge in [0.1, 0.15) is 20.2 Å². The van der Waals surface area contributed by atoms with Gasteiger partial charge in [-0.05, 0) is 40.8 Å². The molecule has 1 aliphatic heterocycles. The normalized spacial score (nSPS) is 18.0. The van der Waals surface area contributed by atoms with Crippen LogP contribution in [0.5, 0.6) is 0 Å². The maximum atomic E-state index is 13.5. The Morgan fingerprint density at radius 3 is 2.73 bits per heavy atom. The minimum Gasteiger partial charge on any atom is -0.306 e. The number of hydrogen-bond donors (Lipinski definition) is 2. The van der Waals surface area contributed by atoms with Crippen LogP contribution in [0.1, 0.15) is 13.3 Å². The number of allylic oxidation sites excluding steroid dienone is 2. The van der Waals surface area contributed by atoms with Gasteiger partial charge in [0.25, 0.3) is 5.91 Å². The fraction of sp³-hybridized carbons (Fsp3) is 0.278. The number of nitrogens with one attached hydrogen (secondary N) is 1. The number of rotatable bonds is 5. The number of nitrogens with two attached hydrogens (primary N) is 1. The Balaban J connectivity index is 1.79. The summed E-state index contributed by atoms with van der Waals surface area (Å²) in [4.78, 5) is 14.3. The molecule has 1 saturated heterocycles. The van der Waals surface area contributed by atoms with Crippen molar-refractivity contribution in [1.29, 1.82) is 5.41 Å². The number of alkyl halides is 3. The van der Waals surface area contributed by atoms with Crippen LogP contribution in [0.15, 0.2) is 41.2 Å². The first-order valence-corrected chi connectivity index (χ1v) is 10.1. The quantitative estimate of drug-likeness (QED) is 0.337. The van der Waals surface area contributed by atoms with Crippen molar-refractivity contribution in [2.24, 2.45) is 0 Å². The molecular formula is C18H16ClF4IN5O+. The minimum atomic E-state index is -4.86. The number of carbonyl (C=O) groups is 1. The van der Waals surface area contributed by atoms with Crippen LogP contribution in [0.25, 0.3) is 5.69 Å². The Kier molecular flexibility index (Phi) is 6.53. The molecule has 6 nitrogen and oxygen atoms in total. The summed E-state index contributed by atoms with van der Waals surface area (Å²) in [6, 6.07) is 5.17. The Morgan fingerprint density at radius 1 is 1.40 bits per heavy atom. The van der Waals surface area contributed by atoms with Crippen LogP contribution < -0.4 is 10.2 Å². The third-order valence-corrected chi connectivity index (χ3v) is 6.08. The average Bonchev–Trinajstić information content (AvgIpc) is 3.22. The van der Waals surface area contributed by atoms with E-state index in [9.17, 15) is 22.4 Å². The first kappa shape index (κ1) is 22.7. The summed E-state index contributed by atoms with van der Waals surface area (Å²) in [5.41, 5.74) is -0.608. The number of hydrogen-bond acceptors (Lipinski definition) is 3. The Morgan fingerprint density at radius 2 is 2.10 bits per heavy atom. The van der Waals surface area contributed by atoms with E-state index in [2.05, 4.69) is 5.10 Å². The van der Waals surface area contributed by atoms with Gasteiger partial charge in [-0.2, -0.15) is 18.3 Å². The topological polar surface area (TPSA) is 78.6 Å². The van der Waals surface area contributed by atoms with Crippen molar-refractivity contribution in [1.82, 2.24) is 9.78 Å². The first-order chi connectivity index (χ1) is 14.0. The maximum absolute atomic E-state index is 13.5. The molecule has 0 spiro atoms. The summed E-state index contributed by atoms with van der Waals surface area (Å²) >= 11 is 7.69. The van der Waals surface area contributed by atoms with Gasteiger partial charge in [-0.15, -0.1) is 0 Å². The third kappa shape index (κ3) is 4.52. The smallest absolute Gasteiger partial charge is 0.306 e. The molecule has 2 heterocycles. The number of carbonyl (C=O) groups excluding carboxylic acids is 1. The molecule has 3 rings (SSSR count).